The van der Waals surface area contributed by atoms with E-state index in [1.54, 1.807) is 7.11 Å². The van der Waals surface area contributed by atoms with E-state index >= 15 is 0 Å². The molecule has 1 saturated heterocycles. The van der Waals surface area contributed by atoms with E-state index < -0.39 is 0 Å². The Balaban J connectivity index is 2.09. The maximum atomic E-state index is 5.83. The molecule has 92 valence electrons. The van der Waals surface area contributed by atoms with Crippen LogP contribution < -0.4 is 4.74 Å². The molecule has 1 aromatic carbocycles. The molecule has 0 N–H and O–H groups in total. The fraction of sp³-hybridized carbons (Fsp3) is 0.429. The van der Waals surface area contributed by atoms with Crippen molar-refractivity contribution in [3.05, 3.63) is 42.5 Å². The lowest BCUT2D eigenvalue weighted by Gasteiger charge is -2.33. The second kappa shape index (κ2) is 5.34. The standard InChI is InChI=1S/C14H18O3/c1-4-13-10(2)9-16-14(17-13)11-5-7-12(15-3)8-6-11/h4-8,10,13-14H,1,9H2,2-3H3/t10-,13-,14?/m0/s1. The van der Waals surface area contributed by atoms with E-state index in [1.165, 1.54) is 0 Å². The largest absolute Gasteiger partial charge is 0.497 e. The minimum absolute atomic E-state index is 0.0517. The summed E-state index contributed by atoms with van der Waals surface area (Å²) < 4.78 is 16.6. The van der Waals surface area contributed by atoms with Crippen molar-refractivity contribution < 1.29 is 14.2 Å². The second-order valence-electron chi connectivity index (χ2n) is 4.25. The van der Waals surface area contributed by atoms with Gasteiger partial charge in [-0.15, -0.1) is 6.58 Å². The summed E-state index contributed by atoms with van der Waals surface area (Å²) in [6, 6.07) is 7.73. The molecule has 3 heteroatoms. The van der Waals surface area contributed by atoms with E-state index in [4.69, 9.17) is 14.2 Å². The number of rotatable bonds is 3. The van der Waals surface area contributed by atoms with Gasteiger partial charge in [0.25, 0.3) is 0 Å². The van der Waals surface area contributed by atoms with Gasteiger partial charge in [-0.05, 0) is 12.1 Å². The molecule has 1 fully saturated rings. The number of hydrogen-bond donors (Lipinski definition) is 0. The molecule has 0 amide bonds. The number of ether oxygens (including phenoxy) is 3. The zero-order chi connectivity index (χ0) is 12.3. The molecule has 1 aliphatic heterocycles. The third-order valence-electron chi connectivity index (χ3n) is 2.97. The molecule has 1 heterocycles. The summed E-state index contributed by atoms with van der Waals surface area (Å²) in [4.78, 5) is 0. The summed E-state index contributed by atoms with van der Waals surface area (Å²) in [5.41, 5.74) is 1.00. The topological polar surface area (TPSA) is 27.7 Å². The first-order chi connectivity index (χ1) is 8.24. The Hall–Kier alpha value is -1.32. The van der Waals surface area contributed by atoms with Crippen molar-refractivity contribution in [3.63, 3.8) is 0 Å². The van der Waals surface area contributed by atoms with Crippen LogP contribution in [0.4, 0.5) is 0 Å². The average molecular weight is 234 g/mol. The van der Waals surface area contributed by atoms with Crippen LogP contribution in [-0.4, -0.2) is 19.8 Å². The quantitative estimate of drug-likeness (QED) is 0.753. The number of methoxy groups -OCH3 is 1. The van der Waals surface area contributed by atoms with Crippen LogP contribution in [0.1, 0.15) is 18.8 Å². The van der Waals surface area contributed by atoms with Crippen molar-refractivity contribution in [1.29, 1.82) is 0 Å². The van der Waals surface area contributed by atoms with Gasteiger partial charge in [0.1, 0.15) is 5.75 Å². The Kier molecular flexibility index (Phi) is 3.82. The van der Waals surface area contributed by atoms with Crippen molar-refractivity contribution in [2.45, 2.75) is 19.3 Å². The van der Waals surface area contributed by atoms with Gasteiger partial charge in [0.15, 0.2) is 6.29 Å². The van der Waals surface area contributed by atoms with Gasteiger partial charge in [0, 0.05) is 11.5 Å². The summed E-state index contributed by atoms with van der Waals surface area (Å²) in [6.07, 6.45) is 1.58. The Morgan fingerprint density at radius 2 is 2.06 bits per heavy atom. The summed E-state index contributed by atoms with van der Waals surface area (Å²) in [7, 11) is 1.65. The van der Waals surface area contributed by atoms with Crippen LogP contribution in [0, 0.1) is 5.92 Å². The van der Waals surface area contributed by atoms with E-state index in [0.29, 0.717) is 12.5 Å². The molecule has 0 spiro atoms. The predicted molar refractivity (Wildman–Crippen MR) is 65.9 cm³/mol. The van der Waals surface area contributed by atoms with Crippen LogP contribution in [-0.2, 0) is 9.47 Å². The molecule has 1 aromatic rings. The van der Waals surface area contributed by atoms with Crippen LogP contribution >= 0.6 is 0 Å². The first-order valence-electron chi connectivity index (χ1n) is 5.78. The molecule has 2 rings (SSSR count). The monoisotopic (exact) mass is 234 g/mol. The number of hydrogen-bond acceptors (Lipinski definition) is 3. The highest BCUT2D eigenvalue weighted by Gasteiger charge is 2.27. The molecule has 0 aromatic heterocycles. The minimum Gasteiger partial charge on any atom is -0.497 e. The van der Waals surface area contributed by atoms with Crippen LogP contribution in [0.2, 0.25) is 0 Å². The first kappa shape index (κ1) is 12.1. The number of benzene rings is 1. The third-order valence-corrected chi connectivity index (χ3v) is 2.97. The maximum Gasteiger partial charge on any atom is 0.184 e. The van der Waals surface area contributed by atoms with E-state index in [2.05, 4.69) is 13.5 Å². The predicted octanol–water partition coefficient (Wildman–Crippen LogP) is 2.93. The molecule has 0 bridgehead atoms. The van der Waals surface area contributed by atoms with E-state index in [9.17, 15) is 0 Å². The van der Waals surface area contributed by atoms with Gasteiger partial charge in [-0.25, -0.2) is 0 Å². The van der Waals surface area contributed by atoms with Gasteiger partial charge < -0.3 is 14.2 Å². The zero-order valence-corrected chi connectivity index (χ0v) is 10.3. The fourth-order valence-corrected chi connectivity index (χ4v) is 1.87. The maximum absolute atomic E-state index is 5.83. The van der Waals surface area contributed by atoms with Crippen LogP contribution in [0.15, 0.2) is 36.9 Å². The van der Waals surface area contributed by atoms with Gasteiger partial charge in [-0.2, -0.15) is 0 Å². The molecule has 0 aliphatic carbocycles. The summed E-state index contributed by atoms with van der Waals surface area (Å²) >= 11 is 0. The van der Waals surface area contributed by atoms with Crippen molar-refractivity contribution in [2.75, 3.05) is 13.7 Å². The molecule has 1 unspecified atom stereocenters. The average Bonchev–Trinajstić information content (AvgIpc) is 2.39. The molecular formula is C14H18O3. The Morgan fingerprint density at radius 3 is 2.65 bits per heavy atom. The van der Waals surface area contributed by atoms with E-state index in [-0.39, 0.29) is 12.4 Å². The van der Waals surface area contributed by atoms with Gasteiger partial charge in [0.05, 0.1) is 19.8 Å². The van der Waals surface area contributed by atoms with Crippen molar-refractivity contribution in [2.24, 2.45) is 5.92 Å². The normalized spacial score (nSPS) is 28.7. The van der Waals surface area contributed by atoms with Crippen LogP contribution in [0.5, 0.6) is 5.75 Å². The Labute approximate surface area is 102 Å². The SMILES string of the molecule is C=C[C@@H]1OC(c2ccc(OC)cc2)OC[C@@H]1C. The first-order valence-corrected chi connectivity index (χ1v) is 5.78. The highest BCUT2D eigenvalue weighted by atomic mass is 16.7. The molecule has 3 atom stereocenters. The smallest absolute Gasteiger partial charge is 0.184 e. The lowest BCUT2D eigenvalue weighted by Crippen LogP contribution is -2.33. The third kappa shape index (κ3) is 2.68. The highest BCUT2D eigenvalue weighted by Crippen LogP contribution is 2.30. The minimum atomic E-state index is -0.305. The summed E-state index contributed by atoms with van der Waals surface area (Å²) in [5, 5.41) is 0. The van der Waals surface area contributed by atoms with E-state index in [0.717, 1.165) is 11.3 Å². The fourth-order valence-electron chi connectivity index (χ4n) is 1.87. The van der Waals surface area contributed by atoms with Crippen molar-refractivity contribution >= 4 is 0 Å². The Morgan fingerprint density at radius 1 is 1.35 bits per heavy atom. The molecule has 17 heavy (non-hydrogen) atoms. The Bertz CT molecular complexity index is 372. The highest BCUT2D eigenvalue weighted by molar-refractivity contribution is 5.28. The van der Waals surface area contributed by atoms with Gasteiger partial charge in [-0.1, -0.05) is 25.1 Å². The molecule has 1 aliphatic rings. The summed E-state index contributed by atoms with van der Waals surface area (Å²) in [5.74, 6) is 1.18. The summed E-state index contributed by atoms with van der Waals surface area (Å²) in [6.45, 7) is 6.57. The van der Waals surface area contributed by atoms with Crippen molar-refractivity contribution in [1.82, 2.24) is 0 Å². The zero-order valence-electron chi connectivity index (χ0n) is 10.3. The van der Waals surface area contributed by atoms with Gasteiger partial charge in [0.2, 0.25) is 0 Å². The van der Waals surface area contributed by atoms with Gasteiger partial charge >= 0.3 is 0 Å². The van der Waals surface area contributed by atoms with Crippen LogP contribution in [0.3, 0.4) is 0 Å². The second-order valence-corrected chi connectivity index (χ2v) is 4.25. The van der Waals surface area contributed by atoms with Crippen LogP contribution in [0.25, 0.3) is 0 Å². The lowest BCUT2D eigenvalue weighted by atomic mass is 10.0. The van der Waals surface area contributed by atoms with E-state index in [1.807, 2.05) is 30.3 Å². The molecule has 3 nitrogen and oxygen atoms in total. The van der Waals surface area contributed by atoms with Crippen molar-refractivity contribution in [3.8, 4) is 5.75 Å². The molecular weight excluding hydrogens is 216 g/mol. The molecule has 0 radical (unpaired) electrons. The van der Waals surface area contributed by atoms with Gasteiger partial charge in [-0.3, -0.25) is 0 Å². The lowest BCUT2D eigenvalue weighted by molar-refractivity contribution is -0.225. The molecule has 0 saturated carbocycles.